The number of carbonyl (C=O) groups is 1. The highest BCUT2D eigenvalue weighted by Gasteiger charge is 2.62. The van der Waals surface area contributed by atoms with E-state index in [1.165, 1.54) is 27.8 Å². The van der Waals surface area contributed by atoms with Crippen molar-refractivity contribution in [2.75, 3.05) is 6.61 Å². The standard InChI is InChI=1S/C16H15NO.C14H17NO2/c1-12-7-8-14-10-17-16(9-15(12)14)18-11-13-5-3-2-4-6-13;1-3-17-13(16)12-7-14(12)5-4-10-8-15-9(2)6-11(10)14/h2-6,9-10H,1,7-8,11H2;6,8,12H,3-5,7H2,1-2H3. The van der Waals surface area contributed by atoms with Gasteiger partial charge in [-0.1, -0.05) is 36.9 Å². The van der Waals surface area contributed by atoms with E-state index in [-0.39, 0.29) is 17.3 Å². The third kappa shape index (κ3) is 4.72. The Bertz CT molecular complexity index is 1250. The highest BCUT2D eigenvalue weighted by molar-refractivity contribution is 5.80. The van der Waals surface area contributed by atoms with Gasteiger partial charge in [-0.15, -0.1) is 0 Å². The molecule has 2 unspecified atom stereocenters. The average molecular weight is 469 g/mol. The molecule has 0 amide bonds. The van der Waals surface area contributed by atoms with Crippen molar-refractivity contribution < 1.29 is 14.3 Å². The summed E-state index contributed by atoms with van der Waals surface area (Å²) in [5, 5.41) is 0. The van der Waals surface area contributed by atoms with Crippen molar-refractivity contribution in [1.29, 1.82) is 0 Å². The molecular formula is C30H32N2O3. The number of pyridine rings is 2. The summed E-state index contributed by atoms with van der Waals surface area (Å²) >= 11 is 0. The summed E-state index contributed by atoms with van der Waals surface area (Å²) < 4.78 is 10.9. The first kappa shape index (κ1) is 23.3. The van der Waals surface area contributed by atoms with Crippen LogP contribution in [0.1, 0.15) is 59.7 Å². The normalized spacial score (nSPS) is 21.1. The van der Waals surface area contributed by atoms with Crippen LogP contribution < -0.4 is 4.74 Å². The van der Waals surface area contributed by atoms with Crippen molar-refractivity contribution in [3.05, 3.63) is 94.9 Å². The van der Waals surface area contributed by atoms with E-state index in [9.17, 15) is 4.79 Å². The number of aromatic nitrogens is 2. The SMILES string of the molecule is C=C1CCc2cnc(OCc3ccccc3)cc21.CCOC(=O)C1CC12CCc1cnc(C)cc12. The molecule has 5 heteroatoms. The zero-order valence-electron chi connectivity index (χ0n) is 20.5. The number of hydrogen-bond donors (Lipinski definition) is 0. The molecule has 0 aliphatic heterocycles. The van der Waals surface area contributed by atoms with Crippen LogP contribution in [0, 0.1) is 12.8 Å². The molecule has 35 heavy (non-hydrogen) atoms. The number of fused-ring (bicyclic) bond motifs is 3. The maximum absolute atomic E-state index is 11.8. The van der Waals surface area contributed by atoms with Crippen LogP contribution in [0.25, 0.3) is 5.57 Å². The highest BCUT2D eigenvalue weighted by atomic mass is 16.5. The molecule has 2 atom stereocenters. The molecule has 2 aromatic heterocycles. The zero-order chi connectivity index (χ0) is 24.4. The van der Waals surface area contributed by atoms with Crippen molar-refractivity contribution in [2.24, 2.45) is 5.92 Å². The molecule has 0 radical (unpaired) electrons. The van der Waals surface area contributed by atoms with Gasteiger partial charge in [0.1, 0.15) is 6.61 Å². The van der Waals surface area contributed by atoms with E-state index in [0.717, 1.165) is 43.4 Å². The minimum Gasteiger partial charge on any atom is -0.473 e. The lowest BCUT2D eigenvalue weighted by Crippen LogP contribution is -2.15. The molecule has 0 N–H and O–H groups in total. The Morgan fingerprint density at radius 1 is 1.09 bits per heavy atom. The fourth-order valence-corrected chi connectivity index (χ4v) is 5.40. The first-order valence-corrected chi connectivity index (χ1v) is 12.5. The number of allylic oxidation sites excluding steroid dienone is 1. The van der Waals surface area contributed by atoms with E-state index in [1.54, 1.807) is 0 Å². The maximum atomic E-state index is 11.8. The highest BCUT2D eigenvalue weighted by Crippen LogP contribution is 2.61. The number of aryl methyl sites for hydroxylation is 3. The smallest absolute Gasteiger partial charge is 0.309 e. The quantitative estimate of drug-likeness (QED) is 0.445. The fraction of sp³-hybridized carbons (Fsp3) is 0.367. The molecule has 3 aliphatic rings. The summed E-state index contributed by atoms with van der Waals surface area (Å²) in [4.78, 5) is 20.5. The Kier molecular flexibility index (Phi) is 6.42. The van der Waals surface area contributed by atoms with Gasteiger partial charge in [-0.2, -0.15) is 0 Å². The molecule has 1 fully saturated rings. The molecular weight excluding hydrogens is 436 g/mol. The van der Waals surface area contributed by atoms with Crippen molar-refractivity contribution in [2.45, 2.75) is 58.0 Å². The molecule has 1 spiro atoms. The Labute approximate surface area is 207 Å². The van der Waals surface area contributed by atoms with Crippen molar-refractivity contribution in [3.8, 4) is 5.88 Å². The summed E-state index contributed by atoms with van der Waals surface area (Å²) in [6, 6.07) is 14.3. The largest absolute Gasteiger partial charge is 0.473 e. The molecule has 180 valence electrons. The Balaban J connectivity index is 0.000000145. The molecule has 3 aromatic rings. The summed E-state index contributed by atoms with van der Waals surface area (Å²) in [6.07, 6.45) is 9.07. The number of ether oxygens (including phenoxy) is 2. The van der Waals surface area contributed by atoms with Crippen LogP contribution in [0.4, 0.5) is 0 Å². The molecule has 1 aromatic carbocycles. The predicted octanol–water partition coefficient (Wildman–Crippen LogP) is 5.78. The van der Waals surface area contributed by atoms with E-state index in [4.69, 9.17) is 9.47 Å². The third-order valence-electron chi connectivity index (χ3n) is 7.41. The number of hydrogen-bond acceptors (Lipinski definition) is 5. The molecule has 2 heterocycles. The van der Waals surface area contributed by atoms with Gasteiger partial charge in [-0.3, -0.25) is 9.78 Å². The van der Waals surface area contributed by atoms with Gasteiger partial charge in [0.15, 0.2) is 0 Å². The number of esters is 1. The zero-order valence-corrected chi connectivity index (χ0v) is 20.5. The summed E-state index contributed by atoms with van der Waals surface area (Å²) in [5.41, 5.74) is 8.65. The predicted molar refractivity (Wildman–Crippen MR) is 136 cm³/mol. The van der Waals surface area contributed by atoms with E-state index < -0.39 is 0 Å². The first-order chi connectivity index (χ1) is 17.0. The van der Waals surface area contributed by atoms with Gasteiger partial charge in [0.25, 0.3) is 0 Å². The van der Waals surface area contributed by atoms with Crippen LogP contribution in [0.15, 0.2) is 61.4 Å². The van der Waals surface area contributed by atoms with Crippen LogP contribution >= 0.6 is 0 Å². The van der Waals surface area contributed by atoms with Crippen molar-refractivity contribution >= 4 is 11.5 Å². The third-order valence-corrected chi connectivity index (χ3v) is 7.41. The van der Waals surface area contributed by atoms with Gasteiger partial charge >= 0.3 is 5.97 Å². The Morgan fingerprint density at radius 3 is 2.69 bits per heavy atom. The first-order valence-electron chi connectivity index (χ1n) is 12.5. The second-order valence-electron chi connectivity index (χ2n) is 9.71. The summed E-state index contributed by atoms with van der Waals surface area (Å²) in [7, 11) is 0. The second kappa shape index (κ2) is 9.65. The van der Waals surface area contributed by atoms with Gasteiger partial charge in [0.05, 0.1) is 12.5 Å². The lowest BCUT2D eigenvalue weighted by molar-refractivity contribution is -0.145. The van der Waals surface area contributed by atoms with Crippen molar-refractivity contribution in [1.82, 2.24) is 9.97 Å². The Morgan fingerprint density at radius 2 is 1.89 bits per heavy atom. The number of rotatable bonds is 5. The molecule has 0 bridgehead atoms. The van der Waals surface area contributed by atoms with Crippen LogP contribution in [0.3, 0.4) is 0 Å². The maximum Gasteiger partial charge on any atom is 0.309 e. The number of benzene rings is 1. The van der Waals surface area contributed by atoms with Crippen LogP contribution in [-0.2, 0) is 34.4 Å². The number of carbonyl (C=O) groups excluding carboxylic acids is 1. The van der Waals surface area contributed by atoms with E-state index in [1.807, 2.05) is 62.6 Å². The Hall–Kier alpha value is -3.47. The van der Waals surface area contributed by atoms with Gasteiger partial charge in [0, 0.05) is 29.6 Å². The lowest BCUT2D eigenvalue weighted by Gasteiger charge is -2.11. The van der Waals surface area contributed by atoms with E-state index >= 15 is 0 Å². The van der Waals surface area contributed by atoms with Crippen molar-refractivity contribution in [3.63, 3.8) is 0 Å². The van der Waals surface area contributed by atoms with E-state index in [2.05, 4.69) is 22.6 Å². The molecule has 0 saturated heterocycles. The average Bonchev–Trinajstić information content (AvgIpc) is 3.36. The minimum absolute atomic E-state index is 0.0187. The van der Waals surface area contributed by atoms with Gasteiger partial charge in [0.2, 0.25) is 5.88 Å². The molecule has 1 saturated carbocycles. The molecule has 6 rings (SSSR count). The van der Waals surface area contributed by atoms with Gasteiger partial charge in [-0.05, 0) is 85.4 Å². The topological polar surface area (TPSA) is 61.3 Å². The summed E-state index contributed by atoms with van der Waals surface area (Å²) in [6.45, 7) is 8.98. The fourth-order valence-electron chi connectivity index (χ4n) is 5.40. The second-order valence-corrected chi connectivity index (χ2v) is 9.71. The minimum atomic E-state index is -0.0187. The molecule has 3 aliphatic carbocycles. The number of nitrogens with zero attached hydrogens (tertiary/aromatic N) is 2. The van der Waals surface area contributed by atoms with Crippen LogP contribution in [0.5, 0.6) is 5.88 Å². The monoisotopic (exact) mass is 468 g/mol. The van der Waals surface area contributed by atoms with Crippen LogP contribution in [-0.4, -0.2) is 22.5 Å². The molecule has 5 nitrogen and oxygen atoms in total. The van der Waals surface area contributed by atoms with Gasteiger partial charge < -0.3 is 9.47 Å². The summed E-state index contributed by atoms with van der Waals surface area (Å²) in [5.74, 6) is 0.751. The lowest BCUT2D eigenvalue weighted by atomic mass is 9.95. The van der Waals surface area contributed by atoms with E-state index in [0.29, 0.717) is 19.1 Å². The van der Waals surface area contributed by atoms with Gasteiger partial charge in [-0.25, -0.2) is 4.98 Å². The van der Waals surface area contributed by atoms with Crippen LogP contribution in [0.2, 0.25) is 0 Å².